The maximum Gasteiger partial charge on any atom is 0.151 e. The molecule has 0 unspecified atom stereocenters. The van der Waals surface area contributed by atoms with Crippen LogP contribution in [-0.2, 0) is 9.84 Å². The molecule has 0 aromatic rings. The van der Waals surface area contributed by atoms with Crippen LogP contribution in [0.25, 0.3) is 0 Å². The summed E-state index contributed by atoms with van der Waals surface area (Å²) in [4.78, 5) is 0. The van der Waals surface area contributed by atoms with E-state index in [1.807, 2.05) is 0 Å². The molecule has 1 aliphatic heterocycles. The van der Waals surface area contributed by atoms with Crippen LogP contribution in [0.15, 0.2) is 12.2 Å². The fourth-order valence-corrected chi connectivity index (χ4v) is 5.35. The zero-order valence-electron chi connectivity index (χ0n) is 8.16. The molecule has 1 heterocycles. The van der Waals surface area contributed by atoms with Crippen LogP contribution in [0.4, 0.5) is 0 Å². The van der Waals surface area contributed by atoms with E-state index in [2.05, 4.69) is 26.0 Å². The van der Waals surface area contributed by atoms with Gasteiger partial charge in [0, 0.05) is 0 Å². The smallest absolute Gasteiger partial charge is 0.151 e. The molecule has 0 aromatic carbocycles. The molecule has 0 N–H and O–H groups in total. The van der Waals surface area contributed by atoms with Gasteiger partial charge < -0.3 is 0 Å². The highest BCUT2D eigenvalue weighted by molar-refractivity contribution is 7.91. The van der Waals surface area contributed by atoms with Gasteiger partial charge in [0.15, 0.2) is 9.84 Å². The standard InChI is InChI=1S/C10H16O2S/c1-8-4-3-5-9-6-13(11,12)7-10(8,9)2/h3-4,8-9H,5-7H2,1-2H3/t8-,9-,10-/m0/s1. The van der Waals surface area contributed by atoms with E-state index < -0.39 is 9.84 Å². The molecule has 2 nitrogen and oxygen atoms in total. The molecule has 74 valence electrons. The summed E-state index contributed by atoms with van der Waals surface area (Å²) in [6.07, 6.45) is 5.25. The third-order valence-corrected chi connectivity index (χ3v) is 5.78. The second-order valence-corrected chi connectivity index (χ2v) is 6.82. The molecule has 0 spiro atoms. The summed E-state index contributed by atoms with van der Waals surface area (Å²) in [5.74, 6) is 1.55. The van der Waals surface area contributed by atoms with Crippen LogP contribution in [0.3, 0.4) is 0 Å². The van der Waals surface area contributed by atoms with Crippen LogP contribution >= 0.6 is 0 Å². The van der Waals surface area contributed by atoms with Gasteiger partial charge in [-0.3, -0.25) is 0 Å². The van der Waals surface area contributed by atoms with E-state index in [4.69, 9.17) is 0 Å². The molecule has 1 fully saturated rings. The summed E-state index contributed by atoms with van der Waals surface area (Å²) in [7, 11) is -2.76. The van der Waals surface area contributed by atoms with Crippen molar-refractivity contribution in [3.63, 3.8) is 0 Å². The molecular formula is C10H16O2S. The monoisotopic (exact) mass is 200 g/mol. The van der Waals surface area contributed by atoms with E-state index in [-0.39, 0.29) is 5.41 Å². The molecule has 2 aliphatic rings. The Labute approximate surface area is 79.9 Å². The van der Waals surface area contributed by atoms with Gasteiger partial charge in [-0.05, 0) is 23.7 Å². The Morgan fingerprint density at radius 1 is 1.46 bits per heavy atom. The van der Waals surface area contributed by atoms with Gasteiger partial charge in [-0.2, -0.15) is 0 Å². The van der Waals surface area contributed by atoms with Gasteiger partial charge >= 0.3 is 0 Å². The Kier molecular flexibility index (Phi) is 1.85. The molecule has 1 aliphatic carbocycles. The maximum atomic E-state index is 11.5. The summed E-state index contributed by atoms with van der Waals surface area (Å²) in [6.45, 7) is 4.25. The number of fused-ring (bicyclic) bond motifs is 1. The van der Waals surface area contributed by atoms with Crippen LogP contribution in [0.5, 0.6) is 0 Å². The van der Waals surface area contributed by atoms with Crippen molar-refractivity contribution in [2.45, 2.75) is 20.3 Å². The lowest BCUT2D eigenvalue weighted by molar-refractivity contribution is 0.182. The van der Waals surface area contributed by atoms with Gasteiger partial charge in [0.2, 0.25) is 0 Å². The van der Waals surface area contributed by atoms with Crippen LogP contribution in [0.2, 0.25) is 0 Å². The minimum Gasteiger partial charge on any atom is -0.229 e. The van der Waals surface area contributed by atoms with Crippen molar-refractivity contribution in [3.05, 3.63) is 12.2 Å². The molecule has 0 bridgehead atoms. The average molecular weight is 200 g/mol. The van der Waals surface area contributed by atoms with E-state index >= 15 is 0 Å². The highest BCUT2D eigenvalue weighted by Crippen LogP contribution is 2.48. The first-order valence-corrected chi connectivity index (χ1v) is 6.63. The molecule has 13 heavy (non-hydrogen) atoms. The average Bonchev–Trinajstić information content (AvgIpc) is 2.22. The predicted molar refractivity (Wildman–Crippen MR) is 53.2 cm³/mol. The van der Waals surface area contributed by atoms with Gasteiger partial charge in [0.1, 0.15) is 0 Å². The minimum absolute atomic E-state index is 0.00752. The van der Waals surface area contributed by atoms with Crippen molar-refractivity contribution in [2.75, 3.05) is 11.5 Å². The number of sulfone groups is 1. The zero-order valence-corrected chi connectivity index (χ0v) is 8.97. The van der Waals surface area contributed by atoms with Crippen LogP contribution in [-0.4, -0.2) is 19.9 Å². The van der Waals surface area contributed by atoms with Crippen molar-refractivity contribution in [1.29, 1.82) is 0 Å². The Morgan fingerprint density at radius 3 is 2.77 bits per heavy atom. The lowest BCUT2D eigenvalue weighted by Gasteiger charge is -2.37. The Bertz CT molecular complexity index is 342. The highest BCUT2D eigenvalue weighted by atomic mass is 32.2. The largest absolute Gasteiger partial charge is 0.229 e. The molecule has 0 saturated carbocycles. The number of rotatable bonds is 0. The first kappa shape index (κ1) is 9.25. The fraction of sp³-hybridized carbons (Fsp3) is 0.800. The van der Waals surface area contributed by atoms with E-state index in [9.17, 15) is 8.42 Å². The fourth-order valence-electron chi connectivity index (χ4n) is 2.65. The molecule has 0 amide bonds. The molecule has 3 atom stereocenters. The Hall–Kier alpha value is -0.310. The topological polar surface area (TPSA) is 34.1 Å². The Balaban J connectivity index is 2.39. The second kappa shape index (κ2) is 2.59. The highest BCUT2D eigenvalue weighted by Gasteiger charge is 2.49. The van der Waals surface area contributed by atoms with Gasteiger partial charge in [0.05, 0.1) is 11.5 Å². The van der Waals surface area contributed by atoms with E-state index in [0.717, 1.165) is 6.42 Å². The number of allylic oxidation sites excluding steroid dienone is 2. The van der Waals surface area contributed by atoms with E-state index in [1.54, 1.807) is 0 Å². The number of hydrogen-bond acceptors (Lipinski definition) is 2. The zero-order chi connectivity index (χ0) is 9.69. The summed E-state index contributed by atoms with van der Waals surface area (Å²) in [5, 5.41) is 0. The SMILES string of the molecule is C[C@H]1C=CC[C@H]2CS(=O)(=O)C[C@]21C. The summed E-state index contributed by atoms with van der Waals surface area (Å²) < 4.78 is 23.0. The lowest BCUT2D eigenvalue weighted by atomic mass is 9.67. The van der Waals surface area contributed by atoms with Gasteiger partial charge in [0.25, 0.3) is 0 Å². The van der Waals surface area contributed by atoms with Crippen molar-refractivity contribution >= 4 is 9.84 Å². The molecule has 0 aromatic heterocycles. The van der Waals surface area contributed by atoms with Gasteiger partial charge in [-0.1, -0.05) is 26.0 Å². The lowest BCUT2D eigenvalue weighted by Crippen LogP contribution is -2.34. The van der Waals surface area contributed by atoms with E-state index in [1.165, 1.54) is 0 Å². The normalized spacial score (nSPS) is 47.5. The van der Waals surface area contributed by atoms with Crippen molar-refractivity contribution < 1.29 is 8.42 Å². The molecule has 0 radical (unpaired) electrons. The van der Waals surface area contributed by atoms with Gasteiger partial charge in [-0.15, -0.1) is 0 Å². The van der Waals surface area contributed by atoms with Crippen molar-refractivity contribution in [1.82, 2.24) is 0 Å². The molecular weight excluding hydrogens is 184 g/mol. The maximum absolute atomic E-state index is 11.5. The summed E-state index contributed by atoms with van der Waals surface area (Å²) in [6, 6.07) is 0. The Morgan fingerprint density at radius 2 is 2.15 bits per heavy atom. The van der Waals surface area contributed by atoms with Crippen LogP contribution < -0.4 is 0 Å². The van der Waals surface area contributed by atoms with Crippen LogP contribution in [0.1, 0.15) is 20.3 Å². The summed E-state index contributed by atoms with van der Waals surface area (Å²) in [5.41, 5.74) is 0.00752. The molecule has 1 saturated heterocycles. The first-order chi connectivity index (χ1) is 5.94. The van der Waals surface area contributed by atoms with E-state index in [0.29, 0.717) is 23.3 Å². The van der Waals surface area contributed by atoms with Crippen molar-refractivity contribution in [2.24, 2.45) is 17.3 Å². The second-order valence-electron chi connectivity index (χ2n) is 4.71. The molecule has 2 rings (SSSR count). The number of hydrogen-bond donors (Lipinski definition) is 0. The quantitative estimate of drug-likeness (QED) is 0.557. The molecule has 3 heteroatoms. The third-order valence-electron chi connectivity index (χ3n) is 3.80. The van der Waals surface area contributed by atoms with Gasteiger partial charge in [-0.25, -0.2) is 8.42 Å². The summed E-state index contributed by atoms with van der Waals surface area (Å²) >= 11 is 0. The van der Waals surface area contributed by atoms with Crippen molar-refractivity contribution in [3.8, 4) is 0 Å². The third kappa shape index (κ3) is 1.33. The first-order valence-electron chi connectivity index (χ1n) is 4.81. The van der Waals surface area contributed by atoms with Crippen LogP contribution in [0, 0.1) is 17.3 Å². The minimum atomic E-state index is -2.76. The predicted octanol–water partition coefficient (Wildman–Crippen LogP) is 1.63.